The van der Waals surface area contributed by atoms with Gasteiger partial charge in [0.2, 0.25) is 0 Å². The third kappa shape index (κ3) is 4.59. The largest absolute Gasteiger partial charge is 0.338 e. The van der Waals surface area contributed by atoms with Gasteiger partial charge in [0, 0.05) is 24.1 Å². The molecule has 142 valence electrons. The van der Waals surface area contributed by atoms with Crippen molar-refractivity contribution in [3.8, 4) is 6.07 Å². The normalized spacial score (nSPS) is 14.0. The Hall–Kier alpha value is -3.11. The lowest BCUT2D eigenvalue weighted by Gasteiger charge is -2.14. The van der Waals surface area contributed by atoms with Crippen LogP contribution in [-0.2, 0) is 4.79 Å². The average molecular weight is 393 g/mol. The van der Waals surface area contributed by atoms with Crippen molar-refractivity contribution in [3.05, 3.63) is 69.3 Å². The van der Waals surface area contributed by atoms with Crippen LogP contribution in [0.25, 0.3) is 6.08 Å². The van der Waals surface area contributed by atoms with E-state index in [0.717, 1.165) is 23.3 Å². The second kappa shape index (κ2) is 8.72. The highest BCUT2D eigenvalue weighted by molar-refractivity contribution is 7.99. The third-order valence-electron chi connectivity index (χ3n) is 4.48. The Morgan fingerprint density at radius 3 is 2.50 bits per heavy atom. The van der Waals surface area contributed by atoms with Crippen molar-refractivity contribution < 1.29 is 9.72 Å². The summed E-state index contributed by atoms with van der Waals surface area (Å²) in [5, 5.41) is 20.9. The van der Waals surface area contributed by atoms with Crippen LogP contribution in [0.2, 0.25) is 0 Å². The lowest BCUT2D eigenvalue weighted by molar-refractivity contribution is -0.387. The van der Waals surface area contributed by atoms with Gasteiger partial charge in [0.25, 0.3) is 11.6 Å². The topological polar surface area (TPSA) is 87.2 Å². The smallest absolute Gasteiger partial charge is 0.283 e. The molecule has 6 nitrogen and oxygen atoms in total. The minimum atomic E-state index is -0.442. The van der Waals surface area contributed by atoms with Crippen molar-refractivity contribution in [1.82, 2.24) is 4.90 Å². The highest BCUT2D eigenvalue weighted by Crippen LogP contribution is 2.35. The van der Waals surface area contributed by atoms with E-state index in [2.05, 4.69) is 0 Å². The molecule has 0 bridgehead atoms. The Morgan fingerprint density at radius 1 is 1.21 bits per heavy atom. The summed E-state index contributed by atoms with van der Waals surface area (Å²) in [4.78, 5) is 26.6. The molecular formula is C21H19N3O3S. The number of aryl methyl sites for hydroxylation is 1. The minimum absolute atomic E-state index is 0.00450. The van der Waals surface area contributed by atoms with Gasteiger partial charge in [-0.3, -0.25) is 14.9 Å². The van der Waals surface area contributed by atoms with Gasteiger partial charge < -0.3 is 4.90 Å². The van der Waals surface area contributed by atoms with E-state index >= 15 is 0 Å². The average Bonchev–Trinajstić information content (AvgIpc) is 3.23. The fourth-order valence-electron chi connectivity index (χ4n) is 2.99. The fourth-order valence-corrected chi connectivity index (χ4v) is 3.89. The summed E-state index contributed by atoms with van der Waals surface area (Å²) in [6.07, 6.45) is 3.29. The molecule has 0 spiro atoms. The first-order chi connectivity index (χ1) is 13.5. The number of nitro groups is 1. The molecule has 0 atom stereocenters. The number of hydrogen-bond acceptors (Lipinski definition) is 5. The maximum absolute atomic E-state index is 12.4. The Morgan fingerprint density at radius 2 is 1.89 bits per heavy atom. The molecule has 0 unspecified atom stereocenters. The molecule has 1 aliphatic rings. The van der Waals surface area contributed by atoms with Crippen LogP contribution in [0, 0.1) is 28.4 Å². The molecule has 1 heterocycles. The van der Waals surface area contributed by atoms with Crippen molar-refractivity contribution in [2.45, 2.75) is 29.6 Å². The molecule has 2 aromatic rings. The number of nitrogens with zero attached hydrogens (tertiary/aromatic N) is 3. The van der Waals surface area contributed by atoms with Gasteiger partial charge in [-0.2, -0.15) is 5.26 Å². The van der Waals surface area contributed by atoms with E-state index in [0.29, 0.717) is 23.5 Å². The maximum Gasteiger partial charge on any atom is 0.283 e. The third-order valence-corrected chi connectivity index (χ3v) is 5.56. The summed E-state index contributed by atoms with van der Waals surface area (Å²) in [5.74, 6) is -0.319. The van der Waals surface area contributed by atoms with Gasteiger partial charge in [-0.15, -0.1) is 0 Å². The first kappa shape index (κ1) is 19.6. The second-order valence-corrected chi connectivity index (χ2v) is 7.68. The van der Waals surface area contributed by atoms with Crippen LogP contribution in [-0.4, -0.2) is 28.8 Å². The summed E-state index contributed by atoms with van der Waals surface area (Å²) in [6, 6.07) is 14.4. The van der Waals surface area contributed by atoms with E-state index in [9.17, 15) is 20.2 Å². The number of hydrogen-bond donors (Lipinski definition) is 0. The molecule has 0 radical (unpaired) electrons. The molecular weight excluding hydrogens is 374 g/mol. The van der Waals surface area contributed by atoms with E-state index in [1.54, 1.807) is 17.0 Å². The Labute approximate surface area is 167 Å². The first-order valence-electron chi connectivity index (χ1n) is 8.92. The minimum Gasteiger partial charge on any atom is -0.338 e. The van der Waals surface area contributed by atoms with Crippen molar-refractivity contribution in [3.63, 3.8) is 0 Å². The fraction of sp³-hybridized carbons (Fsp3) is 0.238. The number of nitriles is 1. The van der Waals surface area contributed by atoms with Gasteiger partial charge in [-0.05, 0) is 49.6 Å². The predicted octanol–water partition coefficient (Wildman–Crippen LogP) is 4.58. The van der Waals surface area contributed by atoms with E-state index in [1.807, 2.05) is 37.3 Å². The Balaban J connectivity index is 1.89. The molecule has 0 aromatic heterocycles. The van der Waals surface area contributed by atoms with Gasteiger partial charge in [0.05, 0.1) is 9.82 Å². The van der Waals surface area contributed by atoms with E-state index in [1.165, 1.54) is 23.9 Å². The molecule has 1 fully saturated rings. The number of benzene rings is 2. The molecule has 0 N–H and O–H groups in total. The van der Waals surface area contributed by atoms with Crippen LogP contribution in [0.4, 0.5) is 5.69 Å². The number of amides is 1. The highest BCUT2D eigenvalue weighted by Gasteiger charge is 2.22. The first-order valence-corrected chi connectivity index (χ1v) is 9.73. The number of nitro benzene ring substituents is 1. The molecule has 7 heteroatoms. The molecule has 1 amide bonds. The van der Waals surface area contributed by atoms with Crippen LogP contribution >= 0.6 is 11.8 Å². The zero-order chi connectivity index (χ0) is 20.1. The quantitative estimate of drug-likeness (QED) is 0.321. The molecule has 1 aliphatic heterocycles. The van der Waals surface area contributed by atoms with Gasteiger partial charge >= 0.3 is 0 Å². The van der Waals surface area contributed by atoms with Gasteiger partial charge in [0.1, 0.15) is 11.6 Å². The van der Waals surface area contributed by atoms with Crippen molar-refractivity contribution in [2.24, 2.45) is 0 Å². The number of rotatable bonds is 5. The van der Waals surface area contributed by atoms with Crippen molar-refractivity contribution >= 4 is 29.4 Å². The number of carbonyl (C=O) groups excluding carboxylic acids is 1. The van der Waals surface area contributed by atoms with Crippen LogP contribution in [0.3, 0.4) is 0 Å². The van der Waals surface area contributed by atoms with Crippen LogP contribution < -0.4 is 0 Å². The van der Waals surface area contributed by atoms with Crippen LogP contribution in [0.5, 0.6) is 0 Å². The van der Waals surface area contributed by atoms with Crippen LogP contribution in [0.15, 0.2) is 57.8 Å². The summed E-state index contributed by atoms with van der Waals surface area (Å²) in [6.45, 7) is 3.27. The zero-order valence-electron chi connectivity index (χ0n) is 15.4. The molecule has 0 aliphatic carbocycles. The summed E-state index contributed by atoms with van der Waals surface area (Å²) in [5.41, 5.74) is 1.52. The SMILES string of the molecule is Cc1ccc(Sc2ccc(/C=C(/C#N)C(=O)N3CCCC3)cc2[N+](=O)[O-])cc1. The summed E-state index contributed by atoms with van der Waals surface area (Å²) < 4.78 is 0. The Kier molecular flexibility index (Phi) is 6.12. The zero-order valence-corrected chi connectivity index (χ0v) is 16.2. The molecule has 2 aromatic carbocycles. The van der Waals surface area contributed by atoms with Crippen molar-refractivity contribution in [2.75, 3.05) is 13.1 Å². The maximum atomic E-state index is 12.4. The van der Waals surface area contributed by atoms with Crippen LogP contribution in [0.1, 0.15) is 24.0 Å². The standard InChI is InChI=1S/C21H19N3O3S/c1-15-4-7-18(8-5-15)28-20-9-6-16(13-19(20)24(26)27)12-17(14-22)21(25)23-10-2-3-11-23/h4-9,12-13H,2-3,10-11H2,1H3/b17-12-. The summed E-state index contributed by atoms with van der Waals surface area (Å²) in [7, 11) is 0. The highest BCUT2D eigenvalue weighted by atomic mass is 32.2. The predicted molar refractivity (Wildman–Crippen MR) is 108 cm³/mol. The lowest BCUT2D eigenvalue weighted by atomic mass is 10.1. The van der Waals surface area contributed by atoms with Crippen molar-refractivity contribution in [1.29, 1.82) is 5.26 Å². The number of likely N-dealkylation sites (tertiary alicyclic amines) is 1. The lowest BCUT2D eigenvalue weighted by Crippen LogP contribution is -2.28. The molecule has 3 rings (SSSR count). The Bertz CT molecular complexity index is 971. The second-order valence-electron chi connectivity index (χ2n) is 6.57. The van der Waals surface area contributed by atoms with Gasteiger partial charge in [-0.25, -0.2) is 0 Å². The monoisotopic (exact) mass is 393 g/mol. The molecule has 0 saturated carbocycles. The molecule has 28 heavy (non-hydrogen) atoms. The number of carbonyl (C=O) groups is 1. The van der Waals surface area contributed by atoms with E-state index < -0.39 is 4.92 Å². The molecule has 1 saturated heterocycles. The van der Waals surface area contributed by atoms with Gasteiger partial charge in [0.15, 0.2) is 0 Å². The van der Waals surface area contributed by atoms with E-state index in [-0.39, 0.29) is 17.2 Å². The van der Waals surface area contributed by atoms with Gasteiger partial charge in [-0.1, -0.05) is 35.5 Å². The summed E-state index contributed by atoms with van der Waals surface area (Å²) >= 11 is 1.31. The van der Waals surface area contributed by atoms with E-state index in [4.69, 9.17) is 0 Å².